The number of methoxy groups -OCH3 is 1. The normalized spacial score (nSPS) is 24.1. The highest BCUT2D eigenvalue weighted by molar-refractivity contribution is 5.32. The van der Waals surface area contributed by atoms with Crippen LogP contribution in [0.5, 0.6) is 0 Å². The molecule has 0 aromatic heterocycles. The van der Waals surface area contributed by atoms with Gasteiger partial charge in [0.25, 0.3) is 0 Å². The Labute approximate surface area is 88.5 Å². The van der Waals surface area contributed by atoms with Crippen LogP contribution in [0.1, 0.15) is 23.7 Å². The number of benzene rings is 1. The van der Waals surface area contributed by atoms with Gasteiger partial charge in [-0.05, 0) is 29.5 Å². The lowest BCUT2D eigenvalue weighted by molar-refractivity contribution is 0.0717. The largest absolute Gasteiger partial charge is 0.376 e. The number of ether oxygens (including phenoxy) is 1. The molecule has 0 spiro atoms. The van der Waals surface area contributed by atoms with E-state index in [1.165, 1.54) is 5.56 Å². The molecule has 1 aromatic carbocycles. The van der Waals surface area contributed by atoms with Crippen molar-refractivity contribution in [2.75, 3.05) is 7.11 Å². The van der Waals surface area contributed by atoms with E-state index < -0.39 is 0 Å². The summed E-state index contributed by atoms with van der Waals surface area (Å²) in [5, 5.41) is 3.79. The molecule has 1 aromatic rings. The van der Waals surface area contributed by atoms with Crippen LogP contribution in [-0.4, -0.2) is 13.2 Å². The van der Waals surface area contributed by atoms with Crippen LogP contribution in [0.2, 0.25) is 0 Å². The van der Waals surface area contributed by atoms with Gasteiger partial charge in [-0.15, -0.1) is 0 Å². The van der Waals surface area contributed by atoms with Crippen molar-refractivity contribution >= 4 is 0 Å². The first kappa shape index (κ1) is 10.0. The van der Waals surface area contributed by atoms with E-state index in [0.29, 0.717) is 0 Å². The molecule has 0 N–H and O–H groups in total. The van der Waals surface area contributed by atoms with Gasteiger partial charge in [0.15, 0.2) is 0 Å². The predicted octanol–water partition coefficient (Wildman–Crippen LogP) is 3.00. The molecule has 4 heteroatoms. The summed E-state index contributed by atoms with van der Waals surface area (Å²) in [4.78, 5) is 2.88. The summed E-state index contributed by atoms with van der Waals surface area (Å²) in [6.07, 6.45) is 1.73. The fourth-order valence-electron chi connectivity index (χ4n) is 2.17. The highest BCUT2D eigenvalue weighted by Gasteiger charge is 2.28. The molecule has 15 heavy (non-hydrogen) atoms. The standard InChI is InChI=1S/C11H13N3O/c1-15-11-9-5-3-2-4-8(9)6-7-10(11)13-14-12/h2-5,10-11H,6-7H2,1H3. The Morgan fingerprint density at radius 2 is 2.27 bits per heavy atom. The lowest BCUT2D eigenvalue weighted by atomic mass is 9.86. The van der Waals surface area contributed by atoms with Crippen LogP contribution in [0.25, 0.3) is 10.4 Å². The average molecular weight is 203 g/mol. The Balaban J connectivity index is 2.38. The lowest BCUT2D eigenvalue weighted by Gasteiger charge is -2.29. The van der Waals surface area contributed by atoms with Gasteiger partial charge in [-0.25, -0.2) is 0 Å². The number of fused-ring (bicyclic) bond motifs is 1. The second kappa shape index (κ2) is 4.34. The second-order valence-corrected chi connectivity index (χ2v) is 3.67. The van der Waals surface area contributed by atoms with E-state index >= 15 is 0 Å². The Morgan fingerprint density at radius 3 is 3.00 bits per heavy atom. The van der Waals surface area contributed by atoms with E-state index in [4.69, 9.17) is 10.3 Å². The highest BCUT2D eigenvalue weighted by atomic mass is 16.5. The Bertz CT molecular complexity index is 399. The Morgan fingerprint density at radius 1 is 1.47 bits per heavy atom. The molecule has 0 aliphatic heterocycles. The van der Waals surface area contributed by atoms with Gasteiger partial charge < -0.3 is 4.74 Å². The van der Waals surface area contributed by atoms with Crippen LogP contribution < -0.4 is 0 Å². The number of nitrogens with zero attached hydrogens (tertiary/aromatic N) is 3. The van der Waals surface area contributed by atoms with Gasteiger partial charge in [0.2, 0.25) is 0 Å². The van der Waals surface area contributed by atoms with E-state index in [9.17, 15) is 0 Å². The first-order chi connectivity index (χ1) is 7.36. The van der Waals surface area contributed by atoms with Crippen molar-refractivity contribution in [2.24, 2.45) is 5.11 Å². The molecule has 78 valence electrons. The second-order valence-electron chi connectivity index (χ2n) is 3.67. The van der Waals surface area contributed by atoms with E-state index in [2.05, 4.69) is 16.1 Å². The molecule has 1 aliphatic rings. The van der Waals surface area contributed by atoms with Crippen molar-refractivity contribution < 1.29 is 4.74 Å². The predicted molar refractivity (Wildman–Crippen MR) is 57.4 cm³/mol. The first-order valence-corrected chi connectivity index (χ1v) is 5.01. The minimum atomic E-state index is -0.0918. The molecule has 2 atom stereocenters. The maximum atomic E-state index is 8.48. The van der Waals surface area contributed by atoms with Gasteiger partial charge in [0, 0.05) is 12.0 Å². The zero-order valence-electron chi connectivity index (χ0n) is 8.63. The van der Waals surface area contributed by atoms with Crippen LogP contribution in [0.3, 0.4) is 0 Å². The van der Waals surface area contributed by atoms with Crippen LogP contribution in [0.4, 0.5) is 0 Å². The molecule has 2 unspecified atom stereocenters. The number of hydrogen-bond acceptors (Lipinski definition) is 2. The smallest absolute Gasteiger partial charge is 0.0908 e. The van der Waals surface area contributed by atoms with E-state index in [1.807, 2.05) is 18.2 Å². The van der Waals surface area contributed by atoms with Crippen molar-refractivity contribution in [3.05, 3.63) is 45.8 Å². The van der Waals surface area contributed by atoms with Gasteiger partial charge >= 0.3 is 0 Å². The van der Waals surface area contributed by atoms with Crippen molar-refractivity contribution in [1.29, 1.82) is 0 Å². The van der Waals surface area contributed by atoms with Crippen molar-refractivity contribution in [3.63, 3.8) is 0 Å². The fraction of sp³-hybridized carbons (Fsp3) is 0.455. The Kier molecular flexibility index (Phi) is 2.90. The minimum absolute atomic E-state index is 0.0742. The van der Waals surface area contributed by atoms with Gasteiger partial charge in [-0.3, -0.25) is 0 Å². The lowest BCUT2D eigenvalue weighted by Crippen LogP contribution is -2.24. The molecule has 0 saturated carbocycles. The van der Waals surface area contributed by atoms with Crippen molar-refractivity contribution in [2.45, 2.75) is 25.0 Å². The number of hydrogen-bond donors (Lipinski definition) is 0. The third-order valence-corrected chi connectivity index (χ3v) is 2.87. The zero-order valence-corrected chi connectivity index (χ0v) is 8.63. The van der Waals surface area contributed by atoms with E-state index in [0.717, 1.165) is 18.4 Å². The third-order valence-electron chi connectivity index (χ3n) is 2.87. The van der Waals surface area contributed by atoms with Crippen LogP contribution in [0, 0.1) is 0 Å². The molecule has 0 amide bonds. The maximum absolute atomic E-state index is 8.48. The molecule has 4 nitrogen and oxygen atoms in total. The minimum Gasteiger partial charge on any atom is -0.376 e. The average Bonchev–Trinajstić information content (AvgIpc) is 2.29. The quantitative estimate of drug-likeness (QED) is 0.414. The van der Waals surface area contributed by atoms with Crippen LogP contribution in [-0.2, 0) is 11.2 Å². The van der Waals surface area contributed by atoms with Gasteiger partial charge in [0.1, 0.15) is 0 Å². The van der Waals surface area contributed by atoms with Gasteiger partial charge in [0.05, 0.1) is 12.1 Å². The molecule has 0 radical (unpaired) electrons. The van der Waals surface area contributed by atoms with Gasteiger partial charge in [-0.2, -0.15) is 0 Å². The summed E-state index contributed by atoms with van der Waals surface area (Å²) in [5.74, 6) is 0. The number of azide groups is 1. The van der Waals surface area contributed by atoms with Crippen molar-refractivity contribution in [1.82, 2.24) is 0 Å². The summed E-state index contributed by atoms with van der Waals surface area (Å²) in [6.45, 7) is 0. The summed E-state index contributed by atoms with van der Waals surface area (Å²) >= 11 is 0. The number of aryl methyl sites for hydroxylation is 1. The van der Waals surface area contributed by atoms with Gasteiger partial charge in [-0.1, -0.05) is 29.4 Å². The SMILES string of the molecule is COC1c2ccccc2CCC1N=[N+]=[N-]. The molecule has 1 aliphatic carbocycles. The molecule has 0 heterocycles. The molecule has 0 fully saturated rings. The summed E-state index contributed by atoms with van der Waals surface area (Å²) < 4.78 is 5.42. The number of rotatable bonds is 2. The molecular formula is C11H13N3O. The highest BCUT2D eigenvalue weighted by Crippen LogP contribution is 2.33. The summed E-state index contributed by atoms with van der Waals surface area (Å²) in [6, 6.07) is 8.09. The van der Waals surface area contributed by atoms with Crippen LogP contribution in [0.15, 0.2) is 29.4 Å². The molecular weight excluding hydrogens is 190 g/mol. The first-order valence-electron chi connectivity index (χ1n) is 5.01. The fourth-order valence-corrected chi connectivity index (χ4v) is 2.17. The van der Waals surface area contributed by atoms with E-state index in [-0.39, 0.29) is 12.1 Å². The summed E-state index contributed by atoms with van der Waals surface area (Å²) in [5.41, 5.74) is 10.9. The third kappa shape index (κ3) is 1.82. The summed E-state index contributed by atoms with van der Waals surface area (Å²) in [7, 11) is 1.66. The molecule has 0 saturated heterocycles. The topological polar surface area (TPSA) is 58.0 Å². The van der Waals surface area contributed by atoms with Crippen molar-refractivity contribution in [3.8, 4) is 0 Å². The van der Waals surface area contributed by atoms with Crippen LogP contribution >= 0.6 is 0 Å². The Hall–Kier alpha value is -1.51. The molecule has 2 rings (SSSR count). The molecule has 0 bridgehead atoms. The monoisotopic (exact) mass is 203 g/mol. The van der Waals surface area contributed by atoms with E-state index in [1.54, 1.807) is 7.11 Å². The zero-order chi connectivity index (χ0) is 10.7. The maximum Gasteiger partial charge on any atom is 0.0908 e.